The van der Waals surface area contributed by atoms with Gasteiger partial charge >= 0.3 is 5.97 Å². The molecule has 0 bridgehead atoms. The van der Waals surface area contributed by atoms with E-state index in [-0.39, 0.29) is 19.0 Å². The first-order chi connectivity index (χ1) is 9.17. The van der Waals surface area contributed by atoms with Crippen LogP contribution >= 0.6 is 0 Å². The molecule has 6 nitrogen and oxygen atoms in total. The molecular formula is C13H14N2O4. The molecule has 0 radical (unpaired) electrons. The molecule has 0 fully saturated rings. The lowest BCUT2D eigenvalue weighted by Crippen LogP contribution is -2.08. The number of aromatic nitrogens is 2. The Morgan fingerprint density at radius 1 is 1.32 bits per heavy atom. The van der Waals surface area contributed by atoms with E-state index in [4.69, 9.17) is 14.0 Å². The van der Waals surface area contributed by atoms with Crippen molar-refractivity contribution >= 4 is 5.97 Å². The second-order valence-corrected chi connectivity index (χ2v) is 3.92. The summed E-state index contributed by atoms with van der Waals surface area (Å²) >= 11 is 0. The van der Waals surface area contributed by atoms with Gasteiger partial charge in [-0.1, -0.05) is 17.3 Å². The molecule has 6 heteroatoms. The number of esters is 1. The summed E-state index contributed by atoms with van der Waals surface area (Å²) in [4.78, 5) is 15.5. The van der Waals surface area contributed by atoms with Crippen molar-refractivity contribution in [3.8, 4) is 5.75 Å². The number of ether oxygens (including phenoxy) is 2. The molecule has 0 aliphatic rings. The Kier molecular flexibility index (Phi) is 4.12. The molecule has 0 amide bonds. The molecule has 0 aliphatic heterocycles. The minimum absolute atomic E-state index is 0.00414. The Balaban J connectivity index is 1.83. The van der Waals surface area contributed by atoms with E-state index in [9.17, 15) is 4.79 Å². The second-order valence-electron chi connectivity index (χ2n) is 3.92. The summed E-state index contributed by atoms with van der Waals surface area (Å²) in [7, 11) is 1.59. The van der Waals surface area contributed by atoms with E-state index in [2.05, 4.69) is 10.1 Å². The number of carbonyl (C=O) groups excluding carboxylic acids is 1. The molecule has 1 aromatic heterocycles. The number of hydrogen-bond donors (Lipinski definition) is 0. The number of rotatable bonds is 5. The molecule has 0 aliphatic carbocycles. The normalized spacial score (nSPS) is 10.2. The van der Waals surface area contributed by atoms with Gasteiger partial charge in [-0.25, -0.2) is 0 Å². The van der Waals surface area contributed by atoms with Gasteiger partial charge in [0.2, 0.25) is 0 Å². The third-order valence-corrected chi connectivity index (χ3v) is 2.43. The highest BCUT2D eigenvalue weighted by Crippen LogP contribution is 2.12. The van der Waals surface area contributed by atoms with E-state index < -0.39 is 0 Å². The van der Waals surface area contributed by atoms with Gasteiger partial charge in [0.15, 0.2) is 12.4 Å². The molecule has 19 heavy (non-hydrogen) atoms. The fourth-order valence-electron chi connectivity index (χ4n) is 1.50. The Morgan fingerprint density at radius 3 is 2.63 bits per heavy atom. The van der Waals surface area contributed by atoms with Crippen molar-refractivity contribution in [2.24, 2.45) is 0 Å². The summed E-state index contributed by atoms with van der Waals surface area (Å²) in [6, 6.07) is 7.22. The quantitative estimate of drug-likeness (QED) is 0.763. The van der Waals surface area contributed by atoms with E-state index in [1.54, 1.807) is 26.2 Å². The average molecular weight is 262 g/mol. The number of benzene rings is 1. The minimum Gasteiger partial charge on any atom is -0.497 e. The zero-order valence-corrected chi connectivity index (χ0v) is 10.8. The van der Waals surface area contributed by atoms with Gasteiger partial charge in [0.25, 0.3) is 5.89 Å². The predicted octanol–water partition coefficient (Wildman–Crippen LogP) is 1.67. The van der Waals surface area contributed by atoms with Gasteiger partial charge in [-0.2, -0.15) is 4.98 Å². The third kappa shape index (κ3) is 3.80. The van der Waals surface area contributed by atoms with Crippen molar-refractivity contribution in [3.63, 3.8) is 0 Å². The molecule has 100 valence electrons. The first-order valence-corrected chi connectivity index (χ1v) is 5.75. The Bertz CT molecular complexity index is 548. The van der Waals surface area contributed by atoms with Gasteiger partial charge < -0.3 is 14.0 Å². The van der Waals surface area contributed by atoms with E-state index >= 15 is 0 Å². The van der Waals surface area contributed by atoms with Crippen LogP contribution in [0.15, 0.2) is 28.8 Å². The lowest BCUT2D eigenvalue weighted by atomic mass is 10.1. The van der Waals surface area contributed by atoms with Crippen LogP contribution in [0.2, 0.25) is 0 Å². The number of aryl methyl sites for hydroxylation is 1. The first kappa shape index (κ1) is 13.1. The third-order valence-electron chi connectivity index (χ3n) is 2.43. The molecule has 0 atom stereocenters. The number of carbonyl (C=O) groups is 1. The van der Waals surface area contributed by atoms with E-state index in [0.29, 0.717) is 11.7 Å². The number of nitrogens with zero attached hydrogens (tertiary/aromatic N) is 2. The van der Waals surface area contributed by atoms with Crippen molar-refractivity contribution in [2.45, 2.75) is 20.0 Å². The summed E-state index contributed by atoms with van der Waals surface area (Å²) in [5, 5.41) is 3.61. The molecule has 1 heterocycles. The van der Waals surface area contributed by atoms with Crippen molar-refractivity contribution in [1.82, 2.24) is 10.1 Å². The van der Waals surface area contributed by atoms with Gasteiger partial charge in [0, 0.05) is 0 Å². The second kappa shape index (κ2) is 5.99. The maximum absolute atomic E-state index is 11.6. The maximum atomic E-state index is 11.6. The van der Waals surface area contributed by atoms with Crippen LogP contribution in [-0.4, -0.2) is 23.2 Å². The van der Waals surface area contributed by atoms with Gasteiger partial charge in [0.05, 0.1) is 13.5 Å². The number of hydrogen-bond acceptors (Lipinski definition) is 6. The smallest absolute Gasteiger partial charge is 0.310 e. The fraction of sp³-hybridized carbons (Fsp3) is 0.308. The molecule has 0 unspecified atom stereocenters. The SMILES string of the molecule is COc1ccc(CC(=O)OCc2nc(C)no2)cc1. The fourth-order valence-corrected chi connectivity index (χ4v) is 1.50. The van der Waals surface area contributed by atoms with E-state index in [1.165, 1.54) is 0 Å². The van der Waals surface area contributed by atoms with Gasteiger partial charge in [-0.05, 0) is 24.6 Å². The summed E-state index contributed by atoms with van der Waals surface area (Å²) in [5.74, 6) is 1.21. The Labute approximate surface area is 110 Å². The van der Waals surface area contributed by atoms with Crippen molar-refractivity contribution in [2.75, 3.05) is 7.11 Å². The Morgan fingerprint density at radius 2 is 2.05 bits per heavy atom. The summed E-state index contributed by atoms with van der Waals surface area (Å²) in [6.07, 6.45) is 0.192. The van der Waals surface area contributed by atoms with Crippen molar-refractivity contribution in [3.05, 3.63) is 41.5 Å². The topological polar surface area (TPSA) is 74.5 Å². The van der Waals surface area contributed by atoms with Crippen LogP contribution < -0.4 is 4.74 Å². The lowest BCUT2D eigenvalue weighted by molar-refractivity contribution is -0.144. The highest BCUT2D eigenvalue weighted by molar-refractivity contribution is 5.72. The highest BCUT2D eigenvalue weighted by atomic mass is 16.6. The van der Waals surface area contributed by atoms with Crippen molar-refractivity contribution < 1.29 is 18.8 Å². The van der Waals surface area contributed by atoms with Crippen LogP contribution in [0.4, 0.5) is 0 Å². The molecule has 2 aromatic rings. The van der Waals surface area contributed by atoms with Crippen LogP contribution in [0.5, 0.6) is 5.75 Å². The number of methoxy groups -OCH3 is 1. The van der Waals surface area contributed by atoms with Gasteiger partial charge in [-0.15, -0.1) is 0 Å². The summed E-state index contributed by atoms with van der Waals surface area (Å²) < 4.78 is 14.9. The lowest BCUT2D eigenvalue weighted by Gasteiger charge is -2.03. The van der Waals surface area contributed by atoms with Crippen LogP contribution in [-0.2, 0) is 22.6 Å². The summed E-state index contributed by atoms with van der Waals surface area (Å²) in [5.41, 5.74) is 0.854. The van der Waals surface area contributed by atoms with Crippen LogP contribution in [0.25, 0.3) is 0 Å². The van der Waals surface area contributed by atoms with E-state index in [1.807, 2.05) is 12.1 Å². The monoisotopic (exact) mass is 262 g/mol. The van der Waals surface area contributed by atoms with Crippen molar-refractivity contribution in [1.29, 1.82) is 0 Å². The largest absolute Gasteiger partial charge is 0.497 e. The molecule has 0 saturated carbocycles. The zero-order chi connectivity index (χ0) is 13.7. The molecule has 0 N–H and O–H groups in total. The molecule has 2 rings (SSSR count). The standard InChI is InChI=1S/C13H14N2O4/c1-9-14-12(19-15-9)8-18-13(16)7-10-3-5-11(17-2)6-4-10/h3-6H,7-8H2,1-2H3. The zero-order valence-electron chi connectivity index (χ0n) is 10.8. The van der Waals surface area contributed by atoms with Gasteiger partial charge in [-0.3, -0.25) is 4.79 Å². The molecular weight excluding hydrogens is 248 g/mol. The van der Waals surface area contributed by atoms with Crippen LogP contribution in [0, 0.1) is 6.92 Å². The molecule has 0 saturated heterocycles. The molecule has 1 aromatic carbocycles. The van der Waals surface area contributed by atoms with E-state index in [0.717, 1.165) is 11.3 Å². The maximum Gasteiger partial charge on any atom is 0.310 e. The molecule has 0 spiro atoms. The van der Waals surface area contributed by atoms with Gasteiger partial charge in [0.1, 0.15) is 5.75 Å². The first-order valence-electron chi connectivity index (χ1n) is 5.75. The highest BCUT2D eigenvalue weighted by Gasteiger charge is 2.08. The minimum atomic E-state index is -0.346. The predicted molar refractivity (Wildman–Crippen MR) is 65.5 cm³/mol. The summed E-state index contributed by atoms with van der Waals surface area (Å²) in [6.45, 7) is 1.70. The van der Waals surface area contributed by atoms with Crippen LogP contribution in [0.1, 0.15) is 17.3 Å². The average Bonchev–Trinajstić information content (AvgIpc) is 2.83. The van der Waals surface area contributed by atoms with Crippen LogP contribution in [0.3, 0.4) is 0 Å². The Hall–Kier alpha value is -2.37.